The van der Waals surface area contributed by atoms with Gasteiger partial charge in [0.25, 0.3) is 0 Å². The lowest BCUT2D eigenvalue weighted by molar-refractivity contribution is -0.226. The molecule has 0 aromatic rings. The van der Waals surface area contributed by atoms with E-state index in [9.17, 15) is 4.79 Å². The van der Waals surface area contributed by atoms with E-state index in [-0.39, 0.29) is 18.9 Å². The zero-order valence-electron chi connectivity index (χ0n) is 8.21. The van der Waals surface area contributed by atoms with Crippen LogP contribution in [-0.2, 0) is 14.3 Å². The maximum absolute atomic E-state index is 11.7. The first kappa shape index (κ1) is 9.00. The number of ether oxygens (including phenoxy) is 2. The molecule has 0 bridgehead atoms. The average Bonchev–Trinajstić information content (AvgIpc) is 2.10. The van der Waals surface area contributed by atoms with E-state index in [0.717, 1.165) is 19.3 Å². The second-order valence-electron chi connectivity index (χ2n) is 4.32. The molecule has 2 fully saturated rings. The molecule has 0 aromatic carbocycles. The van der Waals surface area contributed by atoms with Gasteiger partial charge in [0.15, 0.2) is 6.79 Å². The first-order valence-electron chi connectivity index (χ1n) is 4.94. The van der Waals surface area contributed by atoms with Crippen LogP contribution in [0.25, 0.3) is 0 Å². The summed E-state index contributed by atoms with van der Waals surface area (Å²) >= 11 is 0. The van der Waals surface area contributed by atoms with E-state index >= 15 is 0 Å². The Morgan fingerprint density at radius 2 is 2.23 bits per heavy atom. The van der Waals surface area contributed by atoms with Crippen LogP contribution in [-0.4, -0.2) is 18.9 Å². The number of hydrogen-bond donors (Lipinski definition) is 0. The summed E-state index contributed by atoms with van der Waals surface area (Å²) in [5, 5.41) is 0. The highest BCUT2D eigenvalue weighted by Gasteiger charge is 2.51. The number of cyclic esters (lactones) is 1. The first-order chi connectivity index (χ1) is 6.15. The average molecular weight is 184 g/mol. The van der Waals surface area contributed by atoms with Crippen LogP contribution < -0.4 is 0 Å². The van der Waals surface area contributed by atoms with Gasteiger partial charge in [0, 0.05) is 0 Å². The van der Waals surface area contributed by atoms with Crippen LogP contribution in [0.2, 0.25) is 0 Å². The minimum atomic E-state index is -0.392. The van der Waals surface area contributed by atoms with Crippen molar-refractivity contribution < 1.29 is 14.3 Å². The quantitative estimate of drug-likeness (QED) is 0.538. The number of rotatable bonds is 0. The molecule has 1 saturated carbocycles. The van der Waals surface area contributed by atoms with Gasteiger partial charge in [-0.15, -0.1) is 0 Å². The van der Waals surface area contributed by atoms with E-state index in [1.807, 2.05) is 6.92 Å². The third-order valence-corrected chi connectivity index (χ3v) is 3.70. The summed E-state index contributed by atoms with van der Waals surface area (Å²) in [4.78, 5) is 11.7. The van der Waals surface area contributed by atoms with Crippen LogP contribution in [0.15, 0.2) is 0 Å². The van der Waals surface area contributed by atoms with Crippen LogP contribution in [0, 0.1) is 11.3 Å². The zero-order valence-corrected chi connectivity index (χ0v) is 8.21. The van der Waals surface area contributed by atoms with E-state index in [0.29, 0.717) is 5.92 Å². The summed E-state index contributed by atoms with van der Waals surface area (Å²) in [6.45, 7) is 4.23. The molecule has 2 aliphatic rings. The minimum absolute atomic E-state index is 0.0732. The topological polar surface area (TPSA) is 35.5 Å². The summed E-state index contributed by atoms with van der Waals surface area (Å²) in [6.07, 6.45) is 3.34. The predicted octanol–water partition coefficient (Wildman–Crippen LogP) is 1.71. The van der Waals surface area contributed by atoms with E-state index in [2.05, 4.69) is 6.92 Å². The minimum Gasteiger partial charge on any atom is -0.438 e. The maximum atomic E-state index is 11.7. The standard InChI is InChI=1S/C10H16O3/c1-7-4-3-5-8-10(7,2)9(11)13-6-12-8/h7-8H,3-6H2,1-2H3. The van der Waals surface area contributed by atoms with Gasteiger partial charge < -0.3 is 9.47 Å². The molecule has 0 spiro atoms. The Balaban J connectivity index is 2.27. The smallest absolute Gasteiger partial charge is 0.316 e. The van der Waals surface area contributed by atoms with Crippen molar-refractivity contribution in [1.82, 2.24) is 0 Å². The number of carbonyl (C=O) groups excluding carboxylic acids is 1. The molecule has 0 N–H and O–H groups in total. The van der Waals surface area contributed by atoms with Gasteiger partial charge in [-0.3, -0.25) is 4.79 Å². The monoisotopic (exact) mass is 184 g/mol. The lowest BCUT2D eigenvalue weighted by atomic mass is 9.66. The molecular formula is C10H16O3. The first-order valence-corrected chi connectivity index (χ1v) is 4.94. The molecule has 3 atom stereocenters. The lowest BCUT2D eigenvalue weighted by Crippen LogP contribution is -2.53. The van der Waals surface area contributed by atoms with Gasteiger partial charge in [0.05, 0.1) is 11.5 Å². The predicted molar refractivity (Wildman–Crippen MR) is 47.0 cm³/mol. The second kappa shape index (κ2) is 2.98. The van der Waals surface area contributed by atoms with Gasteiger partial charge in [-0.25, -0.2) is 0 Å². The van der Waals surface area contributed by atoms with E-state index in [1.54, 1.807) is 0 Å². The van der Waals surface area contributed by atoms with Crippen LogP contribution in [0.1, 0.15) is 33.1 Å². The van der Waals surface area contributed by atoms with Crippen LogP contribution in [0.3, 0.4) is 0 Å². The van der Waals surface area contributed by atoms with Crippen molar-refractivity contribution >= 4 is 5.97 Å². The van der Waals surface area contributed by atoms with E-state index in [1.165, 1.54) is 0 Å². The number of fused-ring (bicyclic) bond motifs is 1. The van der Waals surface area contributed by atoms with Gasteiger partial charge in [-0.1, -0.05) is 13.3 Å². The summed E-state index contributed by atoms with van der Waals surface area (Å²) in [5.41, 5.74) is -0.392. The Morgan fingerprint density at radius 1 is 1.46 bits per heavy atom. The number of carbonyl (C=O) groups is 1. The highest BCUT2D eigenvalue weighted by molar-refractivity contribution is 5.78. The molecule has 0 aromatic heterocycles. The number of esters is 1. The Hall–Kier alpha value is -0.570. The summed E-state index contributed by atoms with van der Waals surface area (Å²) in [5.74, 6) is 0.301. The molecule has 1 heterocycles. The Bertz CT molecular complexity index is 224. The van der Waals surface area contributed by atoms with Crippen molar-refractivity contribution in [2.75, 3.05) is 6.79 Å². The molecule has 0 radical (unpaired) electrons. The van der Waals surface area contributed by atoms with Crippen molar-refractivity contribution in [3.8, 4) is 0 Å². The summed E-state index contributed by atoms with van der Waals surface area (Å²) < 4.78 is 10.4. The molecule has 2 rings (SSSR count). The largest absolute Gasteiger partial charge is 0.438 e. The maximum Gasteiger partial charge on any atom is 0.316 e. The van der Waals surface area contributed by atoms with Crippen LogP contribution in [0.4, 0.5) is 0 Å². The molecule has 0 amide bonds. The van der Waals surface area contributed by atoms with Gasteiger partial charge in [0.1, 0.15) is 0 Å². The van der Waals surface area contributed by atoms with Crippen molar-refractivity contribution in [2.45, 2.75) is 39.2 Å². The molecule has 1 saturated heterocycles. The molecule has 1 aliphatic heterocycles. The molecule has 3 heteroatoms. The van der Waals surface area contributed by atoms with Crippen molar-refractivity contribution in [2.24, 2.45) is 11.3 Å². The fourth-order valence-electron chi connectivity index (χ4n) is 2.44. The van der Waals surface area contributed by atoms with Crippen molar-refractivity contribution in [3.63, 3.8) is 0 Å². The normalized spacial score (nSPS) is 45.2. The summed E-state index contributed by atoms with van der Waals surface area (Å²) in [7, 11) is 0. The second-order valence-corrected chi connectivity index (χ2v) is 4.32. The third kappa shape index (κ3) is 1.17. The highest BCUT2D eigenvalue weighted by atomic mass is 16.7. The molecule has 74 valence electrons. The molecular weight excluding hydrogens is 168 g/mol. The van der Waals surface area contributed by atoms with Gasteiger partial charge in [0.2, 0.25) is 0 Å². The number of hydrogen-bond acceptors (Lipinski definition) is 3. The lowest BCUT2D eigenvalue weighted by Gasteiger charge is -2.46. The summed E-state index contributed by atoms with van der Waals surface area (Å²) in [6, 6.07) is 0. The Morgan fingerprint density at radius 3 is 2.92 bits per heavy atom. The zero-order chi connectivity index (χ0) is 9.47. The Labute approximate surface area is 78.4 Å². The fraction of sp³-hybridized carbons (Fsp3) is 0.900. The van der Waals surface area contributed by atoms with Crippen molar-refractivity contribution in [1.29, 1.82) is 0 Å². The fourth-order valence-corrected chi connectivity index (χ4v) is 2.44. The van der Waals surface area contributed by atoms with Gasteiger partial charge >= 0.3 is 5.97 Å². The van der Waals surface area contributed by atoms with E-state index < -0.39 is 5.41 Å². The molecule has 1 aliphatic carbocycles. The highest BCUT2D eigenvalue weighted by Crippen LogP contribution is 2.45. The van der Waals surface area contributed by atoms with E-state index in [4.69, 9.17) is 9.47 Å². The third-order valence-electron chi connectivity index (χ3n) is 3.70. The van der Waals surface area contributed by atoms with Crippen LogP contribution >= 0.6 is 0 Å². The molecule has 13 heavy (non-hydrogen) atoms. The SMILES string of the molecule is CC1CCCC2OCOC(=O)C12C. The Kier molecular flexibility index (Phi) is 2.06. The van der Waals surface area contributed by atoms with Crippen molar-refractivity contribution in [3.05, 3.63) is 0 Å². The van der Waals surface area contributed by atoms with Crippen LogP contribution in [0.5, 0.6) is 0 Å². The van der Waals surface area contributed by atoms with Gasteiger partial charge in [-0.05, 0) is 25.7 Å². The molecule has 3 unspecified atom stereocenters. The van der Waals surface area contributed by atoms with Gasteiger partial charge in [-0.2, -0.15) is 0 Å². The molecule has 3 nitrogen and oxygen atoms in total.